The number of aliphatic imine (C=N–C) groups is 2. The van der Waals surface area contributed by atoms with Gasteiger partial charge in [0.2, 0.25) is 0 Å². The molecular formula is C50H38AuN3P+. The van der Waals surface area contributed by atoms with Crippen LogP contribution in [0.1, 0.15) is 11.1 Å². The largest absolute Gasteiger partial charge is 1.00 e. The molecule has 1 aliphatic heterocycles. The molecule has 0 aliphatic carbocycles. The van der Waals surface area contributed by atoms with Crippen molar-refractivity contribution in [3.8, 4) is 22.4 Å². The van der Waals surface area contributed by atoms with Crippen LogP contribution >= 0.6 is 7.92 Å². The van der Waals surface area contributed by atoms with E-state index in [-0.39, 0.29) is 22.4 Å². The molecule has 0 saturated carbocycles. The summed E-state index contributed by atoms with van der Waals surface area (Å²) in [6.07, 6.45) is 2.12. The van der Waals surface area contributed by atoms with Crippen molar-refractivity contribution in [2.45, 2.75) is 0 Å². The Morgan fingerprint density at radius 3 is 1.25 bits per heavy atom. The first kappa shape index (κ1) is 37.4. The van der Waals surface area contributed by atoms with Crippen molar-refractivity contribution >= 4 is 46.8 Å². The van der Waals surface area contributed by atoms with Crippen LogP contribution in [0.25, 0.3) is 28.0 Å². The third kappa shape index (κ3) is 9.07. The van der Waals surface area contributed by atoms with Gasteiger partial charge in [-0.15, -0.1) is 0 Å². The predicted octanol–water partition coefficient (Wildman–Crippen LogP) is 10.8. The van der Waals surface area contributed by atoms with Gasteiger partial charge >= 0.3 is 22.4 Å². The molecule has 55 heavy (non-hydrogen) atoms. The first-order valence-corrected chi connectivity index (χ1v) is 19.6. The van der Waals surface area contributed by atoms with Crippen molar-refractivity contribution in [3.05, 3.63) is 236 Å². The van der Waals surface area contributed by atoms with E-state index in [1.165, 1.54) is 15.9 Å². The molecule has 0 bridgehead atoms. The van der Waals surface area contributed by atoms with Gasteiger partial charge in [-0.1, -0.05) is 182 Å². The zero-order valence-electron chi connectivity index (χ0n) is 30.0. The fourth-order valence-corrected chi connectivity index (χ4v) is 9.15. The minimum absolute atomic E-state index is 0. The fraction of sp³-hybridized carbons (Fsp3) is 0. The van der Waals surface area contributed by atoms with E-state index in [4.69, 9.17) is 15.0 Å². The van der Waals surface area contributed by atoms with Crippen molar-refractivity contribution < 1.29 is 22.4 Å². The second-order valence-electron chi connectivity index (χ2n) is 12.8. The topological polar surface area (TPSA) is 38.8 Å². The summed E-state index contributed by atoms with van der Waals surface area (Å²) in [6.45, 7) is 0. The first-order chi connectivity index (χ1) is 26.8. The minimum Gasteiger partial charge on any atom is -0.435 e. The molecule has 0 fully saturated rings. The standard InChI is InChI=1S/C32H22N3.C18H15P.Au/c1-5-13-23(14-6-1)27-21-29(25-17-9-3-10-18-25)33-31(27)35-32-28(24-15-7-2-8-16-24)22-30(34-32)26-19-11-4-12-20-26;1-4-10-16(11-5-1)19(17-12-6-2-7-13-17)18-14-8-3-9-15-18;/h1-22H;1-15H;/q-1;;+1/p+1/b35-31-;;. The Morgan fingerprint density at radius 2 is 0.800 bits per heavy atom. The summed E-state index contributed by atoms with van der Waals surface area (Å²) in [5.41, 5.74) is 8.08. The van der Waals surface area contributed by atoms with E-state index < -0.39 is 7.92 Å². The minimum atomic E-state index is -0.877. The molecule has 268 valence electrons. The molecule has 0 saturated heterocycles. The molecule has 0 spiro atoms. The summed E-state index contributed by atoms with van der Waals surface area (Å²) in [4.78, 5) is 15.0. The van der Waals surface area contributed by atoms with E-state index in [2.05, 4.69) is 152 Å². The maximum Gasteiger partial charge on any atom is 1.00 e. The molecule has 7 aromatic carbocycles. The van der Waals surface area contributed by atoms with E-state index in [9.17, 15) is 0 Å². The average molecular weight is 909 g/mol. The molecule has 5 heteroatoms. The van der Waals surface area contributed by atoms with E-state index in [1.54, 1.807) is 0 Å². The van der Waals surface area contributed by atoms with Gasteiger partial charge in [-0.3, -0.25) is 4.99 Å². The molecule has 0 atom stereocenters. The number of hydrogen-bond acceptors (Lipinski definition) is 1. The number of allylic oxidation sites excluding steroid dienone is 1. The molecule has 0 radical (unpaired) electrons. The normalized spacial score (nSPS) is 12.6. The maximum atomic E-state index is 5.06. The van der Waals surface area contributed by atoms with E-state index in [0.717, 1.165) is 44.8 Å². The maximum absolute atomic E-state index is 5.06. The zero-order chi connectivity index (χ0) is 36.4. The van der Waals surface area contributed by atoms with Crippen molar-refractivity contribution in [2.24, 2.45) is 9.98 Å². The van der Waals surface area contributed by atoms with Gasteiger partial charge in [0.15, 0.2) is 0 Å². The molecule has 1 aromatic heterocycles. The Kier molecular flexibility index (Phi) is 12.5. The third-order valence-electron chi connectivity index (χ3n) is 9.20. The molecule has 2 heterocycles. The smallest absolute Gasteiger partial charge is 0.435 e. The quantitative estimate of drug-likeness (QED) is 0.111. The molecule has 0 N–H and O–H groups in total. The van der Waals surface area contributed by atoms with Crippen LogP contribution in [-0.2, 0) is 22.4 Å². The third-order valence-corrected chi connectivity index (χ3v) is 11.9. The van der Waals surface area contributed by atoms with Crippen molar-refractivity contribution in [3.63, 3.8) is 0 Å². The summed E-state index contributed by atoms with van der Waals surface area (Å²) in [5.74, 6) is 1.34. The number of hydrogen-bond donors (Lipinski definition) is 0. The second kappa shape index (κ2) is 18.4. The van der Waals surface area contributed by atoms with Gasteiger partial charge < -0.3 is 9.98 Å². The Hall–Kier alpha value is -5.93. The summed E-state index contributed by atoms with van der Waals surface area (Å²) in [5, 5.41) is 4.31. The number of amidine groups is 1. The Balaban J connectivity index is 0.000000197. The Bertz CT molecular complexity index is 2410. The van der Waals surface area contributed by atoms with E-state index >= 15 is 0 Å². The van der Waals surface area contributed by atoms with Crippen LogP contribution in [0, 0.1) is 0 Å². The molecule has 3 nitrogen and oxygen atoms in total. The number of nitrogens with zero attached hydrogens (tertiary/aromatic N) is 3. The number of benzene rings is 7. The van der Waals surface area contributed by atoms with Gasteiger partial charge in [-0.2, -0.15) is 0 Å². The van der Waals surface area contributed by atoms with E-state index in [0.29, 0.717) is 11.7 Å². The van der Waals surface area contributed by atoms with Crippen LogP contribution in [0.4, 0.5) is 5.82 Å². The monoisotopic (exact) mass is 908 g/mol. The Morgan fingerprint density at radius 1 is 0.418 bits per heavy atom. The van der Waals surface area contributed by atoms with Crippen molar-refractivity contribution in [1.29, 1.82) is 0 Å². The molecule has 0 amide bonds. The first-order valence-electron chi connectivity index (χ1n) is 18.1. The molecule has 8 aromatic rings. The van der Waals surface area contributed by atoms with Gasteiger partial charge in [0.05, 0.1) is 19.5 Å². The summed E-state index contributed by atoms with van der Waals surface area (Å²) < 4.78 is 0. The van der Waals surface area contributed by atoms with E-state index in [1.807, 2.05) is 72.8 Å². The van der Waals surface area contributed by atoms with Crippen LogP contribution in [0.2, 0.25) is 0 Å². The van der Waals surface area contributed by atoms with Crippen LogP contribution in [-0.4, -0.2) is 11.5 Å². The summed E-state index contributed by atoms with van der Waals surface area (Å²) in [6, 6.07) is 75.6. The van der Waals surface area contributed by atoms with Crippen molar-refractivity contribution in [1.82, 2.24) is 4.98 Å². The number of rotatable bonds is 8. The molecular weight excluding hydrogens is 871 g/mol. The van der Waals surface area contributed by atoms with Gasteiger partial charge in [0, 0.05) is 11.1 Å². The summed E-state index contributed by atoms with van der Waals surface area (Å²) >= 11 is 0. The van der Waals surface area contributed by atoms with Crippen LogP contribution < -0.4 is 20.9 Å². The second-order valence-corrected chi connectivity index (χ2v) is 15.3. The molecule has 1 aliphatic rings. The Labute approximate surface area is 340 Å². The molecule has 0 unspecified atom stereocenters. The average Bonchev–Trinajstić information content (AvgIpc) is 3.89. The predicted molar refractivity (Wildman–Crippen MR) is 232 cm³/mol. The van der Waals surface area contributed by atoms with Gasteiger partial charge in [-0.05, 0) is 76.2 Å². The van der Waals surface area contributed by atoms with Gasteiger partial charge in [0.25, 0.3) is 0 Å². The van der Waals surface area contributed by atoms with Crippen LogP contribution in [0.15, 0.2) is 234 Å². The summed E-state index contributed by atoms with van der Waals surface area (Å²) in [7, 11) is -0.877. The van der Waals surface area contributed by atoms with Gasteiger partial charge in [0.1, 0.15) is 15.9 Å². The van der Waals surface area contributed by atoms with Crippen LogP contribution in [0.5, 0.6) is 0 Å². The zero-order valence-corrected chi connectivity index (χ0v) is 33.2. The fourth-order valence-electron chi connectivity index (χ4n) is 6.57. The van der Waals surface area contributed by atoms with Crippen LogP contribution in [0.3, 0.4) is 0 Å². The van der Waals surface area contributed by atoms with Gasteiger partial charge in [-0.25, -0.2) is 0 Å². The van der Waals surface area contributed by atoms with Crippen molar-refractivity contribution in [2.75, 3.05) is 0 Å². The molecule has 9 rings (SSSR count). The number of aromatic nitrogens is 1. The SMILES string of the molecule is C1=C(c2ccccc2)/C(=N/c2[n-]c(-c3ccccc3)cc2-c2ccccc2)N=C1c1ccccc1.[Au+].c1ccc([PH+](c2ccccc2)c2ccccc2)cc1.